The predicted octanol–water partition coefficient (Wildman–Crippen LogP) is 10.4. The van der Waals surface area contributed by atoms with Crippen LogP contribution in [0.15, 0.2) is 36.5 Å². The standard InChI is InChI=1S/C41H75O10P/c1-3-5-7-9-11-13-15-17-18-19-20-21-23-24-26-28-30-32-40(44)48-36-39(37-50-52(46,47)49-35-38(43)34-42)51-41(45)33-31-29-27-25-22-16-14-12-10-8-6-4-2/h11,13,17-18,20-21,38-39,42-43H,3-10,12,14-16,19,22-37H2,1-2H3,(H,46,47)/b13-11-,18-17-,21-20-/t38-,39+/m0/s1. The van der Waals surface area contributed by atoms with E-state index in [-0.39, 0.29) is 19.4 Å². The molecule has 1 unspecified atom stereocenters. The highest BCUT2D eigenvalue weighted by Crippen LogP contribution is 2.43. The Bertz CT molecular complexity index is 967. The zero-order chi connectivity index (χ0) is 38.4. The van der Waals surface area contributed by atoms with Crippen LogP contribution in [0.3, 0.4) is 0 Å². The highest BCUT2D eigenvalue weighted by molar-refractivity contribution is 7.47. The van der Waals surface area contributed by atoms with E-state index in [1.807, 2.05) is 0 Å². The van der Waals surface area contributed by atoms with Crippen LogP contribution in [-0.4, -0.2) is 65.7 Å². The number of rotatable bonds is 38. The Kier molecular flexibility index (Phi) is 36.2. The molecule has 0 amide bonds. The molecule has 3 atom stereocenters. The van der Waals surface area contributed by atoms with Gasteiger partial charge in [-0.3, -0.25) is 18.6 Å². The van der Waals surface area contributed by atoms with Gasteiger partial charge in [0.15, 0.2) is 6.10 Å². The Balaban J connectivity index is 4.36. The maximum atomic E-state index is 12.6. The van der Waals surface area contributed by atoms with Gasteiger partial charge >= 0.3 is 19.8 Å². The van der Waals surface area contributed by atoms with Crippen LogP contribution in [0.5, 0.6) is 0 Å². The topological polar surface area (TPSA) is 149 Å². The number of carbonyl (C=O) groups excluding carboxylic acids is 2. The van der Waals surface area contributed by atoms with E-state index < -0.39 is 51.8 Å². The molecule has 3 N–H and O–H groups in total. The van der Waals surface area contributed by atoms with Crippen molar-refractivity contribution in [2.75, 3.05) is 26.4 Å². The van der Waals surface area contributed by atoms with Crippen LogP contribution in [-0.2, 0) is 32.7 Å². The highest BCUT2D eigenvalue weighted by Gasteiger charge is 2.27. The Morgan fingerprint density at radius 3 is 1.54 bits per heavy atom. The maximum absolute atomic E-state index is 12.6. The second-order valence-electron chi connectivity index (χ2n) is 13.7. The molecule has 304 valence electrons. The molecule has 52 heavy (non-hydrogen) atoms. The van der Waals surface area contributed by atoms with Crippen molar-refractivity contribution in [1.29, 1.82) is 0 Å². The van der Waals surface area contributed by atoms with Gasteiger partial charge in [-0.2, -0.15) is 0 Å². The Morgan fingerprint density at radius 1 is 0.577 bits per heavy atom. The van der Waals surface area contributed by atoms with Gasteiger partial charge in [0.2, 0.25) is 0 Å². The second-order valence-corrected chi connectivity index (χ2v) is 15.1. The molecule has 0 aromatic rings. The minimum absolute atomic E-state index is 0.181. The summed E-state index contributed by atoms with van der Waals surface area (Å²) in [4.78, 5) is 34.9. The average Bonchev–Trinajstić information content (AvgIpc) is 3.13. The third kappa shape index (κ3) is 36.5. The van der Waals surface area contributed by atoms with Crippen LogP contribution in [0.4, 0.5) is 0 Å². The third-order valence-electron chi connectivity index (χ3n) is 8.55. The van der Waals surface area contributed by atoms with Gasteiger partial charge in [-0.1, -0.05) is 147 Å². The van der Waals surface area contributed by atoms with Crippen molar-refractivity contribution in [3.63, 3.8) is 0 Å². The van der Waals surface area contributed by atoms with Gasteiger partial charge in [0.25, 0.3) is 0 Å². The van der Waals surface area contributed by atoms with Crippen LogP contribution in [0, 0.1) is 0 Å². The molecule has 0 aromatic heterocycles. The minimum atomic E-state index is -4.62. The number of unbranched alkanes of at least 4 members (excludes halogenated alkanes) is 18. The van der Waals surface area contributed by atoms with Crippen molar-refractivity contribution < 1.29 is 47.8 Å². The minimum Gasteiger partial charge on any atom is -0.462 e. The third-order valence-corrected chi connectivity index (χ3v) is 9.50. The van der Waals surface area contributed by atoms with Crippen molar-refractivity contribution >= 4 is 19.8 Å². The number of phosphoric ester groups is 1. The molecule has 0 aliphatic rings. The van der Waals surface area contributed by atoms with E-state index in [4.69, 9.17) is 19.1 Å². The van der Waals surface area contributed by atoms with Crippen molar-refractivity contribution in [2.45, 2.75) is 187 Å². The molecule has 0 radical (unpaired) electrons. The molecule has 0 aliphatic carbocycles. The van der Waals surface area contributed by atoms with E-state index >= 15 is 0 Å². The number of esters is 2. The Hall–Kier alpha value is -1.81. The van der Waals surface area contributed by atoms with Crippen molar-refractivity contribution in [3.05, 3.63) is 36.5 Å². The van der Waals surface area contributed by atoms with Gasteiger partial charge in [0.05, 0.1) is 19.8 Å². The smallest absolute Gasteiger partial charge is 0.462 e. The van der Waals surface area contributed by atoms with Crippen LogP contribution in [0.25, 0.3) is 0 Å². The fourth-order valence-corrected chi connectivity index (χ4v) is 6.14. The van der Waals surface area contributed by atoms with Gasteiger partial charge < -0.3 is 24.6 Å². The first-order valence-electron chi connectivity index (χ1n) is 20.4. The van der Waals surface area contributed by atoms with Crippen LogP contribution in [0.1, 0.15) is 174 Å². The first-order chi connectivity index (χ1) is 25.2. The van der Waals surface area contributed by atoms with Crippen molar-refractivity contribution in [1.82, 2.24) is 0 Å². The average molecular weight is 759 g/mol. The fourth-order valence-electron chi connectivity index (χ4n) is 5.35. The number of carbonyl (C=O) groups is 2. The van der Waals surface area contributed by atoms with Gasteiger partial charge in [-0.15, -0.1) is 0 Å². The van der Waals surface area contributed by atoms with Gasteiger partial charge in [-0.05, 0) is 51.4 Å². The molecule has 0 aliphatic heterocycles. The number of aliphatic hydroxyl groups is 2. The summed E-state index contributed by atoms with van der Waals surface area (Å²) in [7, 11) is -4.62. The van der Waals surface area contributed by atoms with E-state index in [1.54, 1.807) is 0 Å². The molecule has 0 fully saturated rings. The molecule has 0 spiro atoms. The van der Waals surface area contributed by atoms with Gasteiger partial charge in [0.1, 0.15) is 12.7 Å². The summed E-state index contributed by atoms with van der Waals surface area (Å²) >= 11 is 0. The summed E-state index contributed by atoms with van der Waals surface area (Å²) in [6, 6.07) is 0. The number of hydrogen-bond donors (Lipinski definition) is 3. The molecule has 0 heterocycles. The lowest BCUT2D eigenvalue weighted by atomic mass is 10.0. The highest BCUT2D eigenvalue weighted by atomic mass is 31.2. The molecular formula is C41H75O10P. The zero-order valence-corrected chi connectivity index (χ0v) is 33.7. The number of ether oxygens (including phenoxy) is 2. The number of allylic oxidation sites excluding steroid dienone is 6. The van der Waals surface area contributed by atoms with E-state index in [0.29, 0.717) is 12.8 Å². The molecule has 0 saturated heterocycles. The number of aliphatic hydroxyl groups excluding tert-OH is 2. The van der Waals surface area contributed by atoms with Crippen LogP contribution in [0.2, 0.25) is 0 Å². The molecule has 0 aromatic carbocycles. The van der Waals surface area contributed by atoms with E-state index in [0.717, 1.165) is 57.8 Å². The largest absolute Gasteiger partial charge is 0.472 e. The van der Waals surface area contributed by atoms with E-state index in [1.165, 1.54) is 77.0 Å². The predicted molar refractivity (Wildman–Crippen MR) is 210 cm³/mol. The monoisotopic (exact) mass is 759 g/mol. The fraction of sp³-hybridized carbons (Fsp3) is 0.805. The normalized spacial score (nSPS) is 14.3. The lowest BCUT2D eigenvalue weighted by molar-refractivity contribution is -0.161. The summed E-state index contributed by atoms with van der Waals surface area (Å²) < 4.78 is 32.6. The Morgan fingerprint density at radius 2 is 1.00 bits per heavy atom. The van der Waals surface area contributed by atoms with Crippen LogP contribution < -0.4 is 0 Å². The SMILES string of the molecule is CCCCC/C=C\C/C=C\C/C=C\CCCCCCC(=O)OC[C@H](COP(=O)(O)OC[C@@H](O)CO)OC(=O)CCCCCCCCCCCCCC. The first-order valence-corrected chi connectivity index (χ1v) is 21.9. The zero-order valence-electron chi connectivity index (χ0n) is 32.8. The lowest BCUT2D eigenvalue weighted by Crippen LogP contribution is -2.29. The summed E-state index contributed by atoms with van der Waals surface area (Å²) in [5, 5.41) is 18.3. The molecule has 0 saturated carbocycles. The van der Waals surface area contributed by atoms with Gasteiger partial charge in [0, 0.05) is 12.8 Å². The maximum Gasteiger partial charge on any atom is 0.472 e. The lowest BCUT2D eigenvalue weighted by Gasteiger charge is -2.20. The quantitative estimate of drug-likeness (QED) is 0.0240. The van der Waals surface area contributed by atoms with Crippen molar-refractivity contribution in [2.24, 2.45) is 0 Å². The first kappa shape index (κ1) is 50.2. The molecular weight excluding hydrogens is 683 g/mol. The van der Waals surface area contributed by atoms with Gasteiger partial charge in [-0.25, -0.2) is 4.57 Å². The summed E-state index contributed by atoms with van der Waals surface area (Å²) in [5.74, 6) is -0.949. The van der Waals surface area contributed by atoms with Crippen molar-refractivity contribution in [3.8, 4) is 0 Å². The summed E-state index contributed by atoms with van der Waals surface area (Å²) in [6.07, 6.45) is 36.8. The summed E-state index contributed by atoms with van der Waals surface area (Å²) in [6.45, 7) is 2.32. The number of phosphoric acid groups is 1. The van der Waals surface area contributed by atoms with E-state index in [9.17, 15) is 24.2 Å². The second kappa shape index (κ2) is 37.5. The summed E-state index contributed by atoms with van der Waals surface area (Å²) in [5.41, 5.74) is 0. The van der Waals surface area contributed by atoms with E-state index in [2.05, 4.69) is 54.8 Å². The molecule has 11 heteroatoms. The number of hydrogen-bond acceptors (Lipinski definition) is 9. The van der Waals surface area contributed by atoms with Crippen LogP contribution >= 0.6 is 7.82 Å². The molecule has 10 nitrogen and oxygen atoms in total. The molecule has 0 bridgehead atoms. The molecule has 0 rings (SSSR count). The Labute approximate surface area is 316 Å².